The number of aromatic nitrogens is 3. The molecule has 0 fully saturated rings. The van der Waals surface area contributed by atoms with E-state index < -0.39 is 0 Å². The second kappa shape index (κ2) is 4.24. The summed E-state index contributed by atoms with van der Waals surface area (Å²) in [6.07, 6.45) is 0.756. The molecule has 2 aromatic heterocycles. The predicted molar refractivity (Wildman–Crippen MR) is 64.6 cm³/mol. The van der Waals surface area contributed by atoms with Gasteiger partial charge in [-0.15, -0.1) is 11.3 Å². The van der Waals surface area contributed by atoms with E-state index in [-0.39, 0.29) is 5.95 Å². The quantitative estimate of drug-likeness (QED) is 0.920. The van der Waals surface area contributed by atoms with Crippen LogP contribution in [-0.2, 0) is 6.42 Å². The maximum atomic E-state index is 5.61. The zero-order valence-electron chi connectivity index (χ0n) is 8.07. The summed E-state index contributed by atoms with van der Waals surface area (Å²) < 4.78 is 1.03. The van der Waals surface area contributed by atoms with Crippen molar-refractivity contribution in [2.75, 3.05) is 5.73 Å². The highest BCUT2D eigenvalue weighted by Gasteiger charge is 2.07. The van der Waals surface area contributed by atoms with Crippen molar-refractivity contribution in [2.45, 2.75) is 13.3 Å². The van der Waals surface area contributed by atoms with Crippen molar-refractivity contribution in [3.8, 4) is 10.7 Å². The van der Waals surface area contributed by atoms with E-state index in [1.807, 2.05) is 18.4 Å². The number of rotatable bonds is 2. The third-order valence-corrected chi connectivity index (χ3v) is 3.49. The lowest BCUT2D eigenvalue weighted by Crippen LogP contribution is -2.03. The summed E-state index contributed by atoms with van der Waals surface area (Å²) in [7, 11) is 0. The first-order valence-corrected chi connectivity index (χ1v) is 6.11. The van der Waals surface area contributed by atoms with Gasteiger partial charge in [0.1, 0.15) is 5.82 Å². The van der Waals surface area contributed by atoms with E-state index in [1.165, 1.54) is 0 Å². The maximum absolute atomic E-state index is 5.61. The second-order valence-electron chi connectivity index (χ2n) is 2.92. The molecule has 0 saturated heterocycles. The molecule has 0 unspecified atom stereocenters. The Labute approximate surface area is 99.7 Å². The van der Waals surface area contributed by atoms with Gasteiger partial charge >= 0.3 is 0 Å². The summed E-state index contributed by atoms with van der Waals surface area (Å²) in [6.45, 7) is 1.99. The molecule has 2 N–H and O–H groups in total. The van der Waals surface area contributed by atoms with E-state index in [0.29, 0.717) is 5.82 Å². The van der Waals surface area contributed by atoms with Crippen molar-refractivity contribution in [3.63, 3.8) is 0 Å². The van der Waals surface area contributed by atoms with Crippen molar-refractivity contribution in [1.29, 1.82) is 0 Å². The Balaban J connectivity index is 2.48. The smallest absolute Gasteiger partial charge is 0.223 e. The molecule has 0 amide bonds. The normalized spacial score (nSPS) is 10.5. The molecule has 0 spiro atoms. The van der Waals surface area contributed by atoms with Gasteiger partial charge in [-0.2, -0.15) is 9.97 Å². The van der Waals surface area contributed by atoms with Crippen LogP contribution in [0.4, 0.5) is 5.95 Å². The fraction of sp³-hybridized carbons (Fsp3) is 0.222. The Kier molecular flexibility index (Phi) is 2.97. The first-order chi connectivity index (χ1) is 7.19. The third-order valence-electron chi connectivity index (χ3n) is 1.80. The molecule has 15 heavy (non-hydrogen) atoms. The number of nitrogens with two attached hydrogens (primary N) is 1. The lowest BCUT2D eigenvalue weighted by atomic mass is 10.4. The molecule has 4 nitrogen and oxygen atoms in total. The van der Waals surface area contributed by atoms with Crippen LogP contribution in [0.15, 0.2) is 15.9 Å². The molecule has 0 aliphatic carbocycles. The highest BCUT2D eigenvalue weighted by molar-refractivity contribution is 9.10. The van der Waals surface area contributed by atoms with Crippen molar-refractivity contribution in [3.05, 3.63) is 21.7 Å². The van der Waals surface area contributed by atoms with Crippen molar-refractivity contribution >= 4 is 33.2 Å². The molecule has 2 aromatic rings. The first kappa shape index (κ1) is 10.5. The van der Waals surface area contributed by atoms with Crippen LogP contribution in [0.3, 0.4) is 0 Å². The van der Waals surface area contributed by atoms with Gasteiger partial charge in [0.2, 0.25) is 5.95 Å². The van der Waals surface area contributed by atoms with Gasteiger partial charge in [-0.3, -0.25) is 0 Å². The topological polar surface area (TPSA) is 64.7 Å². The molecule has 0 aliphatic rings. The standard InChI is InChI=1S/C9H9BrN4S/c1-2-7-12-8(14-9(11)13-7)6-3-5(10)4-15-6/h3-4H,2H2,1H3,(H2,11,12,13,14). The average molecular weight is 285 g/mol. The van der Waals surface area contributed by atoms with Crippen LogP contribution in [0.5, 0.6) is 0 Å². The number of thiophene rings is 1. The minimum absolute atomic E-state index is 0.279. The van der Waals surface area contributed by atoms with E-state index in [1.54, 1.807) is 11.3 Å². The number of halogens is 1. The molecular weight excluding hydrogens is 276 g/mol. The highest BCUT2D eigenvalue weighted by atomic mass is 79.9. The molecule has 0 saturated carbocycles. The van der Waals surface area contributed by atoms with Crippen LogP contribution in [0.2, 0.25) is 0 Å². The number of anilines is 1. The van der Waals surface area contributed by atoms with Gasteiger partial charge < -0.3 is 5.73 Å². The molecule has 0 radical (unpaired) electrons. The maximum Gasteiger partial charge on any atom is 0.223 e. The van der Waals surface area contributed by atoms with Gasteiger partial charge in [0.15, 0.2) is 5.82 Å². The zero-order valence-corrected chi connectivity index (χ0v) is 10.5. The Bertz CT molecular complexity index is 483. The fourth-order valence-corrected chi connectivity index (χ4v) is 2.50. The van der Waals surface area contributed by atoms with Gasteiger partial charge in [-0.05, 0) is 22.0 Å². The van der Waals surface area contributed by atoms with E-state index in [9.17, 15) is 0 Å². The minimum Gasteiger partial charge on any atom is -0.368 e. The van der Waals surface area contributed by atoms with Gasteiger partial charge in [-0.25, -0.2) is 4.98 Å². The van der Waals surface area contributed by atoms with Crippen molar-refractivity contribution < 1.29 is 0 Å². The molecule has 78 valence electrons. The number of aryl methyl sites for hydroxylation is 1. The van der Waals surface area contributed by atoms with Gasteiger partial charge in [0.25, 0.3) is 0 Å². The largest absolute Gasteiger partial charge is 0.368 e. The van der Waals surface area contributed by atoms with Crippen LogP contribution in [0.1, 0.15) is 12.7 Å². The Morgan fingerprint density at radius 3 is 2.80 bits per heavy atom. The van der Waals surface area contributed by atoms with Crippen molar-refractivity contribution in [2.24, 2.45) is 0 Å². The molecule has 0 aliphatic heterocycles. The Hall–Kier alpha value is -1.01. The molecule has 2 rings (SSSR count). The van der Waals surface area contributed by atoms with E-state index in [4.69, 9.17) is 5.73 Å². The van der Waals surface area contributed by atoms with Crippen LogP contribution >= 0.6 is 27.3 Å². The number of hydrogen-bond acceptors (Lipinski definition) is 5. The first-order valence-electron chi connectivity index (χ1n) is 4.44. The third kappa shape index (κ3) is 2.32. The van der Waals surface area contributed by atoms with Gasteiger partial charge in [0, 0.05) is 16.3 Å². The Morgan fingerprint density at radius 2 is 2.20 bits per heavy atom. The summed E-state index contributed by atoms with van der Waals surface area (Å²) in [6, 6.07) is 1.97. The van der Waals surface area contributed by atoms with Crippen LogP contribution in [-0.4, -0.2) is 15.0 Å². The molecule has 0 aromatic carbocycles. The summed E-state index contributed by atoms with van der Waals surface area (Å²) in [5.74, 6) is 1.65. The van der Waals surface area contributed by atoms with Gasteiger partial charge in [-0.1, -0.05) is 6.92 Å². The molecule has 0 bridgehead atoms. The number of nitrogens with zero attached hydrogens (tertiary/aromatic N) is 3. The Morgan fingerprint density at radius 1 is 1.40 bits per heavy atom. The number of nitrogen functional groups attached to an aromatic ring is 1. The van der Waals surface area contributed by atoms with E-state index in [0.717, 1.165) is 21.6 Å². The van der Waals surface area contributed by atoms with E-state index >= 15 is 0 Å². The van der Waals surface area contributed by atoms with Gasteiger partial charge in [0.05, 0.1) is 4.88 Å². The molecule has 6 heteroatoms. The summed E-state index contributed by atoms with van der Waals surface area (Å²) >= 11 is 4.97. The molecular formula is C9H9BrN4S. The number of hydrogen-bond donors (Lipinski definition) is 1. The summed E-state index contributed by atoms with van der Waals surface area (Å²) in [5.41, 5.74) is 5.61. The minimum atomic E-state index is 0.279. The average Bonchev–Trinajstić information content (AvgIpc) is 2.64. The predicted octanol–water partition coefficient (Wildman–Crippen LogP) is 2.51. The highest BCUT2D eigenvalue weighted by Crippen LogP contribution is 2.27. The SMILES string of the molecule is CCc1nc(N)nc(-c2cc(Br)cs2)n1. The van der Waals surface area contributed by atoms with Crippen LogP contribution in [0, 0.1) is 0 Å². The van der Waals surface area contributed by atoms with E-state index in [2.05, 4.69) is 30.9 Å². The molecule has 2 heterocycles. The van der Waals surface area contributed by atoms with Crippen LogP contribution in [0.25, 0.3) is 10.7 Å². The second-order valence-corrected chi connectivity index (χ2v) is 4.74. The monoisotopic (exact) mass is 284 g/mol. The summed E-state index contributed by atoms with van der Waals surface area (Å²) in [4.78, 5) is 13.5. The summed E-state index contributed by atoms with van der Waals surface area (Å²) in [5, 5.41) is 1.99. The van der Waals surface area contributed by atoms with Crippen molar-refractivity contribution in [1.82, 2.24) is 15.0 Å². The lowest BCUT2D eigenvalue weighted by Gasteiger charge is -2.00. The fourth-order valence-electron chi connectivity index (χ4n) is 1.14. The molecule has 0 atom stereocenters. The zero-order chi connectivity index (χ0) is 10.8. The van der Waals surface area contributed by atoms with Crippen LogP contribution < -0.4 is 5.73 Å². The lowest BCUT2D eigenvalue weighted by molar-refractivity contribution is 0.915.